The van der Waals surface area contributed by atoms with E-state index in [-0.39, 0.29) is 33.8 Å². The van der Waals surface area contributed by atoms with Crippen molar-refractivity contribution in [3.8, 4) is 0 Å². The van der Waals surface area contributed by atoms with Crippen molar-refractivity contribution in [2.75, 3.05) is 6.54 Å². The van der Waals surface area contributed by atoms with E-state index in [1.165, 1.54) is 12.1 Å². The van der Waals surface area contributed by atoms with E-state index >= 15 is 0 Å². The minimum Gasteiger partial charge on any atom is -0.459 e. The number of hydrogen-bond acceptors (Lipinski definition) is 5. The summed E-state index contributed by atoms with van der Waals surface area (Å²) in [6.07, 6.45) is 0.746. The topological polar surface area (TPSA) is 79.5 Å². The van der Waals surface area contributed by atoms with Crippen LogP contribution in [0.5, 0.6) is 0 Å². The van der Waals surface area contributed by atoms with Crippen LogP contribution in [0.25, 0.3) is 11.0 Å². The summed E-state index contributed by atoms with van der Waals surface area (Å²) in [7, 11) is -3.81. The van der Waals surface area contributed by atoms with Gasteiger partial charge in [0.25, 0.3) is 0 Å². The fourth-order valence-corrected chi connectivity index (χ4v) is 5.08. The molecule has 0 unspecified atom stereocenters. The fourth-order valence-electron chi connectivity index (χ4n) is 3.22. The quantitative estimate of drug-likeness (QED) is 0.686. The highest BCUT2D eigenvalue weighted by Crippen LogP contribution is 2.37. The lowest BCUT2D eigenvalue weighted by Crippen LogP contribution is -2.22. The number of rotatable bonds is 3. The van der Waals surface area contributed by atoms with Crippen LogP contribution in [0.4, 0.5) is 0 Å². The van der Waals surface area contributed by atoms with Crippen molar-refractivity contribution in [1.29, 1.82) is 0 Å². The summed E-state index contributed by atoms with van der Waals surface area (Å²) < 4.78 is 32.0. The molecular formula is C18H17Cl2NO4S. The van der Waals surface area contributed by atoms with Crippen molar-refractivity contribution < 1.29 is 17.9 Å². The second-order valence-electron chi connectivity index (χ2n) is 5.98. The summed E-state index contributed by atoms with van der Waals surface area (Å²) in [5, 5.41) is 13.7. The first kappa shape index (κ1) is 19.2. The van der Waals surface area contributed by atoms with Crippen LogP contribution in [0, 0.1) is 0 Å². The van der Waals surface area contributed by atoms with Gasteiger partial charge in [-0.25, -0.2) is 8.42 Å². The summed E-state index contributed by atoms with van der Waals surface area (Å²) in [6.45, 7) is 1.09. The Kier molecular flexibility index (Phi) is 5.33. The molecule has 0 spiro atoms. The molecule has 138 valence electrons. The van der Waals surface area contributed by atoms with Gasteiger partial charge in [0.15, 0.2) is 5.58 Å². The van der Waals surface area contributed by atoms with Crippen molar-refractivity contribution in [2.45, 2.75) is 29.4 Å². The molecule has 0 radical (unpaired) electrons. The summed E-state index contributed by atoms with van der Waals surface area (Å²) in [6, 6.07) is 9.44. The van der Waals surface area contributed by atoms with Gasteiger partial charge in [-0.15, -0.1) is 12.4 Å². The molecule has 5 nitrogen and oxygen atoms in total. The molecule has 1 aliphatic rings. The van der Waals surface area contributed by atoms with Gasteiger partial charge in [0.05, 0.1) is 21.4 Å². The highest BCUT2D eigenvalue weighted by atomic mass is 35.5. The van der Waals surface area contributed by atoms with Gasteiger partial charge in [0.1, 0.15) is 5.76 Å². The van der Waals surface area contributed by atoms with E-state index in [0.29, 0.717) is 17.7 Å². The predicted octanol–water partition coefficient (Wildman–Crippen LogP) is 3.48. The number of aliphatic hydroxyl groups excluding tert-OH is 1. The Balaban J connectivity index is 0.00000196. The van der Waals surface area contributed by atoms with Gasteiger partial charge < -0.3 is 14.8 Å². The molecular weight excluding hydrogens is 397 g/mol. The Morgan fingerprint density at radius 3 is 2.77 bits per heavy atom. The highest BCUT2D eigenvalue weighted by Gasteiger charge is 2.25. The van der Waals surface area contributed by atoms with Gasteiger partial charge >= 0.3 is 0 Å². The largest absolute Gasteiger partial charge is 0.459 e. The Morgan fingerprint density at radius 2 is 2.00 bits per heavy atom. The predicted molar refractivity (Wildman–Crippen MR) is 102 cm³/mol. The maximum Gasteiger partial charge on any atom is 0.207 e. The van der Waals surface area contributed by atoms with E-state index in [0.717, 1.165) is 29.7 Å². The molecule has 2 heterocycles. The second-order valence-corrected chi connectivity index (χ2v) is 8.31. The molecule has 0 fully saturated rings. The van der Waals surface area contributed by atoms with E-state index in [9.17, 15) is 13.5 Å². The van der Waals surface area contributed by atoms with Crippen molar-refractivity contribution in [2.24, 2.45) is 0 Å². The van der Waals surface area contributed by atoms with Crippen molar-refractivity contribution in [3.05, 3.63) is 58.3 Å². The zero-order valence-corrected chi connectivity index (χ0v) is 16.0. The van der Waals surface area contributed by atoms with Gasteiger partial charge in [0, 0.05) is 30.5 Å². The number of halogens is 2. The molecule has 0 aliphatic carbocycles. The van der Waals surface area contributed by atoms with Crippen molar-refractivity contribution >= 4 is 44.8 Å². The lowest BCUT2D eigenvalue weighted by Gasteiger charge is -2.11. The van der Waals surface area contributed by atoms with Crippen LogP contribution in [0.1, 0.15) is 16.9 Å². The van der Waals surface area contributed by atoms with Gasteiger partial charge in [-0.3, -0.25) is 0 Å². The standard InChI is InChI=1S/C18H16ClNO4S.ClH/c19-15-8-12(25(22,23)17-4-2-1-3-11(17)10-21)7-13-14-9-20-6-5-16(14)24-18(13)15;/h1-4,7-8,20-21H,5-6,9-10H2;1H. The molecule has 0 saturated carbocycles. The Labute approximate surface area is 162 Å². The van der Waals surface area contributed by atoms with E-state index < -0.39 is 9.84 Å². The number of benzene rings is 2. The number of fused-ring (bicyclic) bond motifs is 3. The normalized spacial score (nSPS) is 14.1. The van der Waals surface area contributed by atoms with Crippen LogP contribution in [0.15, 0.2) is 50.6 Å². The smallest absolute Gasteiger partial charge is 0.207 e. The third kappa shape index (κ3) is 3.02. The van der Waals surface area contributed by atoms with Crippen molar-refractivity contribution in [1.82, 2.24) is 5.32 Å². The SMILES string of the molecule is Cl.O=S(=O)(c1cc(Cl)c2oc3c(c2c1)CNCC3)c1ccccc1CO. The maximum absolute atomic E-state index is 13.1. The maximum atomic E-state index is 13.1. The van der Waals surface area contributed by atoms with Crippen LogP contribution >= 0.6 is 24.0 Å². The summed E-state index contributed by atoms with van der Waals surface area (Å²) in [4.78, 5) is 0.184. The molecule has 8 heteroatoms. The summed E-state index contributed by atoms with van der Waals surface area (Å²) >= 11 is 6.32. The Hall–Kier alpha value is -1.57. The highest BCUT2D eigenvalue weighted by molar-refractivity contribution is 7.91. The van der Waals surface area contributed by atoms with Crippen LogP contribution in [0.2, 0.25) is 5.02 Å². The molecule has 0 amide bonds. The van der Waals surface area contributed by atoms with Crippen LogP contribution in [0.3, 0.4) is 0 Å². The molecule has 4 rings (SSSR count). The number of hydrogen-bond donors (Lipinski definition) is 2. The summed E-state index contributed by atoms with van der Waals surface area (Å²) in [5.74, 6) is 0.848. The molecule has 2 aromatic carbocycles. The molecule has 0 atom stereocenters. The van der Waals surface area contributed by atoms with Gasteiger partial charge in [-0.2, -0.15) is 0 Å². The molecule has 1 aliphatic heterocycles. The monoisotopic (exact) mass is 413 g/mol. The Morgan fingerprint density at radius 1 is 1.23 bits per heavy atom. The van der Waals surface area contributed by atoms with E-state index in [1.54, 1.807) is 24.3 Å². The number of furan rings is 1. The average Bonchev–Trinajstić information content (AvgIpc) is 3.01. The first-order chi connectivity index (χ1) is 12.0. The first-order valence-corrected chi connectivity index (χ1v) is 9.77. The van der Waals surface area contributed by atoms with Gasteiger partial charge in [-0.1, -0.05) is 29.8 Å². The molecule has 1 aromatic heterocycles. The minimum atomic E-state index is -3.81. The number of sulfone groups is 1. The van der Waals surface area contributed by atoms with Crippen LogP contribution < -0.4 is 5.32 Å². The zero-order chi connectivity index (χ0) is 17.6. The van der Waals surface area contributed by atoms with E-state index in [4.69, 9.17) is 16.0 Å². The zero-order valence-electron chi connectivity index (χ0n) is 13.7. The molecule has 3 aromatic rings. The third-order valence-corrected chi connectivity index (χ3v) is 6.59. The number of nitrogens with one attached hydrogen (secondary N) is 1. The fraction of sp³-hybridized carbons (Fsp3) is 0.222. The molecule has 2 N–H and O–H groups in total. The lowest BCUT2D eigenvalue weighted by atomic mass is 10.1. The first-order valence-electron chi connectivity index (χ1n) is 7.90. The Bertz CT molecular complexity index is 1080. The van der Waals surface area contributed by atoms with E-state index in [1.807, 2.05) is 0 Å². The molecule has 0 bridgehead atoms. The second kappa shape index (κ2) is 7.21. The molecule has 0 saturated heterocycles. The van der Waals surface area contributed by atoms with Crippen LogP contribution in [-0.4, -0.2) is 20.1 Å². The van der Waals surface area contributed by atoms with Gasteiger partial charge in [-0.05, 0) is 23.8 Å². The van der Waals surface area contributed by atoms with E-state index in [2.05, 4.69) is 5.32 Å². The van der Waals surface area contributed by atoms with Crippen molar-refractivity contribution in [3.63, 3.8) is 0 Å². The summed E-state index contributed by atoms with van der Waals surface area (Å²) in [5.41, 5.74) is 1.83. The van der Waals surface area contributed by atoms with Crippen LogP contribution in [-0.2, 0) is 29.4 Å². The minimum absolute atomic E-state index is 0. The lowest BCUT2D eigenvalue weighted by molar-refractivity contribution is 0.278. The number of aliphatic hydroxyl groups is 1. The average molecular weight is 414 g/mol. The van der Waals surface area contributed by atoms with Gasteiger partial charge in [0.2, 0.25) is 9.84 Å². The molecule has 26 heavy (non-hydrogen) atoms. The third-order valence-electron chi connectivity index (χ3n) is 4.48.